The van der Waals surface area contributed by atoms with Crippen LogP contribution in [0.25, 0.3) is 10.9 Å². The molecule has 1 aromatic carbocycles. The van der Waals surface area contributed by atoms with Gasteiger partial charge in [-0.1, -0.05) is 25.1 Å². The van der Waals surface area contributed by atoms with Crippen molar-refractivity contribution in [3.63, 3.8) is 0 Å². The van der Waals surface area contributed by atoms with Gasteiger partial charge in [-0.05, 0) is 36.9 Å². The standard InChI is InChI=1S/C20H24N4OS/c1-14-5-4-8-24(11-14)12-16-13-26-20(22-16)23-19(25)9-15-10-21-18-7-3-2-6-17(15)18/h2-3,6-7,10,13-14,21H,4-5,8-9,11-12H2,1H3,(H,22,23,25)/t14-/m1/s1. The van der Waals surface area contributed by atoms with Gasteiger partial charge in [0.15, 0.2) is 5.13 Å². The minimum atomic E-state index is -0.0257. The Balaban J connectivity index is 1.35. The van der Waals surface area contributed by atoms with Crippen LogP contribution >= 0.6 is 11.3 Å². The van der Waals surface area contributed by atoms with E-state index in [4.69, 9.17) is 0 Å². The Morgan fingerprint density at radius 2 is 2.31 bits per heavy atom. The fourth-order valence-corrected chi connectivity index (χ4v) is 4.43. The molecule has 1 saturated heterocycles. The normalized spacial score (nSPS) is 18.3. The smallest absolute Gasteiger partial charge is 0.230 e. The molecule has 3 aromatic rings. The second-order valence-corrected chi connectivity index (χ2v) is 8.07. The molecule has 6 heteroatoms. The number of H-pyrrole nitrogens is 1. The number of para-hydroxylation sites is 1. The predicted molar refractivity (Wildman–Crippen MR) is 106 cm³/mol. The van der Waals surface area contributed by atoms with Gasteiger partial charge < -0.3 is 10.3 Å². The number of rotatable bonds is 5. The maximum atomic E-state index is 12.4. The number of hydrogen-bond acceptors (Lipinski definition) is 4. The van der Waals surface area contributed by atoms with Gasteiger partial charge in [-0.25, -0.2) is 4.98 Å². The molecule has 3 heterocycles. The molecule has 1 fully saturated rings. The SMILES string of the molecule is C[C@@H]1CCCN(Cc2csc(NC(=O)Cc3c[nH]c4ccccc34)n2)C1. The first-order chi connectivity index (χ1) is 12.7. The number of anilines is 1. The summed E-state index contributed by atoms with van der Waals surface area (Å²) in [5.74, 6) is 0.736. The minimum Gasteiger partial charge on any atom is -0.361 e. The van der Waals surface area contributed by atoms with Gasteiger partial charge in [-0.3, -0.25) is 9.69 Å². The lowest BCUT2D eigenvalue weighted by Gasteiger charge is -2.30. The second kappa shape index (κ2) is 7.60. The monoisotopic (exact) mass is 368 g/mol. The van der Waals surface area contributed by atoms with E-state index in [1.807, 2.05) is 30.5 Å². The molecule has 0 bridgehead atoms. The number of thiazole rings is 1. The molecule has 26 heavy (non-hydrogen) atoms. The number of aromatic amines is 1. The summed E-state index contributed by atoms with van der Waals surface area (Å²) in [6.45, 7) is 5.46. The number of hydrogen-bond donors (Lipinski definition) is 2. The van der Waals surface area contributed by atoms with Gasteiger partial charge >= 0.3 is 0 Å². The molecule has 5 nitrogen and oxygen atoms in total. The fraction of sp³-hybridized carbons (Fsp3) is 0.400. The third kappa shape index (κ3) is 3.97. The number of carbonyl (C=O) groups excluding carboxylic acids is 1. The summed E-state index contributed by atoms with van der Waals surface area (Å²) in [7, 11) is 0. The van der Waals surface area contributed by atoms with E-state index in [1.165, 1.54) is 24.2 Å². The predicted octanol–water partition coefficient (Wildman–Crippen LogP) is 4.04. The topological polar surface area (TPSA) is 61.0 Å². The Hall–Kier alpha value is -2.18. The first kappa shape index (κ1) is 17.2. The van der Waals surface area contributed by atoms with Gasteiger partial charge in [0, 0.05) is 35.6 Å². The van der Waals surface area contributed by atoms with Crippen LogP contribution in [0.1, 0.15) is 31.0 Å². The van der Waals surface area contributed by atoms with E-state index in [2.05, 4.69) is 32.5 Å². The summed E-state index contributed by atoms with van der Waals surface area (Å²) in [5.41, 5.74) is 3.12. The second-order valence-electron chi connectivity index (χ2n) is 7.21. The van der Waals surface area contributed by atoms with Crippen molar-refractivity contribution in [2.75, 3.05) is 18.4 Å². The van der Waals surface area contributed by atoms with Crippen molar-refractivity contribution in [1.29, 1.82) is 0 Å². The van der Waals surface area contributed by atoms with Gasteiger partial charge in [0.25, 0.3) is 0 Å². The Morgan fingerprint density at radius 1 is 1.42 bits per heavy atom. The van der Waals surface area contributed by atoms with Crippen LogP contribution in [0.3, 0.4) is 0 Å². The number of amides is 1. The quantitative estimate of drug-likeness (QED) is 0.714. The number of carbonyl (C=O) groups is 1. The number of fused-ring (bicyclic) bond motifs is 1. The average molecular weight is 369 g/mol. The molecule has 1 amide bonds. The summed E-state index contributed by atoms with van der Waals surface area (Å²) < 4.78 is 0. The minimum absolute atomic E-state index is 0.0257. The van der Waals surface area contributed by atoms with E-state index in [1.54, 1.807) is 0 Å². The van der Waals surface area contributed by atoms with E-state index >= 15 is 0 Å². The molecule has 0 radical (unpaired) electrons. The molecule has 1 atom stereocenters. The van der Waals surface area contributed by atoms with E-state index in [9.17, 15) is 4.79 Å². The summed E-state index contributed by atoms with van der Waals surface area (Å²) in [4.78, 5) is 22.7. The highest BCUT2D eigenvalue weighted by Gasteiger charge is 2.17. The summed E-state index contributed by atoms with van der Waals surface area (Å²) in [5, 5.41) is 6.79. The van der Waals surface area contributed by atoms with E-state index in [0.717, 1.165) is 47.7 Å². The van der Waals surface area contributed by atoms with Gasteiger partial charge in [0.2, 0.25) is 5.91 Å². The number of aromatic nitrogens is 2. The number of benzene rings is 1. The number of piperidine rings is 1. The fourth-order valence-electron chi connectivity index (χ4n) is 3.71. The van der Waals surface area contributed by atoms with Crippen LogP contribution in [0.15, 0.2) is 35.8 Å². The average Bonchev–Trinajstić information content (AvgIpc) is 3.22. The van der Waals surface area contributed by atoms with Crippen LogP contribution < -0.4 is 5.32 Å². The zero-order valence-electron chi connectivity index (χ0n) is 15.0. The zero-order valence-corrected chi connectivity index (χ0v) is 15.8. The van der Waals surface area contributed by atoms with E-state index in [0.29, 0.717) is 11.6 Å². The molecule has 1 aliphatic rings. The van der Waals surface area contributed by atoms with Crippen molar-refractivity contribution in [1.82, 2.24) is 14.9 Å². The van der Waals surface area contributed by atoms with Gasteiger partial charge in [0.1, 0.15) is 0 Å². The Labute approximate surface area is 157 Å². The molecular formula is C20H24N4OS. The summed E-state index contributed by atoms with van der Waals surface area (Å²) in [6, 6.07) is 8.04. The van der Waals surface area contributed by atoms with Crippen LogP contribution in [0, 0.1) is 5.92 Å². The van der Waals surface area contributed by atoms with Crippen LogP contribution in [0.4, 0.5) is 5.13 Å². The number of nitrogens with zero attached hydrogens (tertiary/aromatic N) is 2. The lowest BCUT2D eigenvalue weighted by Crippen LogP contribution is -2.33. The lowest BCUT2D eigenvalue weighted by atomic mass is 10.0. The highest BCUT2D eigenvalue weighted by atomic mass is 32.1. The van der Waals surface area contributed by atoms with E-state index < -0.39 is 0 Å². The molecule has 1 aliphatic heterocycles. The molecule has 0 spiro atoms. The highest BCUT2D eigenvalue weighted by Crippen LogP contribution is 2.22. The Morgan fingerprint density at radius 3 is 3.19 bits per heavy atom. The maximum absolute atomic E-state index is 12.4. The highest BCUT2D eigenvalue weighted by molar-refractivity contribution is 7.13. The van der Waals surface area contributed by atoms with Crippen LogP contribution in [0.5, 0.6) is 0 Å². The van der Waals surface area contributed by atoms with Gasteiger partial charge in [-0.2, -0.15) is 0 Å². The Bertz CT molecular complexity index is 900. The maximum Gasteiger partial charge on any atom is 0.230 e. The molecule has 0 unspecified atom stereocenters. The number of likely N-dealkylation sites (tertiary alicyclic amines) is 1. The first-order valence-electron chi connectivity index (χ1n) is 9.19. The summed E-state index contributed by atoms with van der Waals surface area (Å²) >= 11 is 1.51. The van der Waals surface area contributed by atoms with Gasteiger partial charge in [0.05, 0.1) is 12.1 Å². The van der Waals surface area contributed by atoms with Crippen molar-refractivity contribution in [3.05, 3.63) is 47.1 Å². The third-order valence-corrected chi connectivity index (χ3v) is 5.76. The van der Waals surface area contributed by atoms with Crippen molar-refractivity contribution < 1.29 is 4.79 Å². The molecule has 0 saturated carbocycles. The lowest BCUT2D eigenvalue weighted by molar-refractivity contribution is -0.115. The van der Waals surface area contributed by atoms with Crippen LogP contribution in [0.2, 0.25) is 0 Å². The van der Waals surface area contributed by atoms with E-state index in [-0.39, 0.29) is 5.91 Å². The van der Waals surface area contributed by atoms with Crippen molar-refractivity contribution in [3.8, 4) is 0 Å². The molecule has 136 valence electrons. The summed E-state index contributed by atoms with van der Waals surface area (Å²) in [6.07, 6.45) is 4.85. The molecular weight excluding hydrogens is 344 g/mol. The first-order valence-corrected chi connectivity index (χ1v) is 10.1. The van der Waals surface area contributed by atoms with Crippen LogP contribution in [-0.4, -0.2) is 33.9 Å². The van der Waals surface area contributed by atoms with Crippen LogP contribution in [-0.2, 0) is 17.8 Å². The van der Waals surface area contributed by atoms with Crippen molar-refractivity contribution in [2.24, 2.45) is 5.92 Å². The Kier molecular flexibility index (Phi) is 5.04. The largest absolute Gasteiger partial charge is 0.361 e. The van der Waals surface area contributed by atoms with Gasteiger partial charge in [-0.15, -0.1) is 11.3 Å². The number of nitrogens with one attached hydrogen (secondary N) is 2. The molecule has 2 aromatic heterocycles. The molecule has 0 aliphatic carbocycles. The van der Waals surface area contributed by atoms with Crippen molar-refractivity contribution >= 4 is 33.3 Å². The zero-order chi connectivity index (χ0) is 17.9. The molecule has 2 N–H and O–H groups in total. The third-order valence-electron chi connectivity index (χ3n) is 4.95. The molecule has 4 rings (SSSR count). The van der Waals surface area contributed by atoms with Crippen molar-refractivity contribution in [2.45, 2.75) is 32.7 Å².